The van der Waals surface area contributed by atoms with E-state index in [0.717, 1.165) is 25.7 Å². The van der Waals surface area contributed by atoms with E-state index in [1.807, 2.05) is 12.3 Å². The molecule has 108 valence electrons. The van der Waals surface area contributed by atoms with Crippen molar-refractivity contribution in [2.75, 3.05) is 6.67 Å². The van der Waals surface area contributed by atoms with Gasteiger partial charge < -0.3 is 0 Å². The Hall–Kier alpha value is -1.69. The molecule has 1 aromatic rings. The quantitative estimate of drug-likeness (QED) is 0.482. The summed E-state index contributed by atoms with van der Waals surface area (Å²) in [5, 5.41) is 9.08. The Balaban J connectivity index is 2.22. The summed E-state index contributed by atoms with van der Waals surface area (Å²) in [6.45, 7) is 1.38. The minimum Gasteiger partial charge on any atom is -0.276 e. The van der Waals surface area contributed by atoms with Gasteiger partial charge in [-0.25, -0.2) is 0 Å². The molecule has 0 spiro atoms. The van der Waals surface area contributed by atoms with E-state index in [9.17, 15) is 4.39 Å². The van der Waals surface area contributed by atoms with Gasteiger partial charge in [-0.05, 0) is 51.0 Å². The van der Waals surface area contributed by atoms with Crippen LogP contribution in [-0.4, -0.2) is 18.4 Å². The largest absolute Gasteiger partial charge is 0.276 e. The predicted octanol–water partition coefficient (Wildman–Crippen LogP) is 4.50. The first-order valence-electron chi connectivity index (χ1n) is 7.25. The van der Waals surface area contributed by atoms with Crippen molar-refractivity contribution in [1.82, 2.24) is 0 Å². The average Bonchev–Trinajstić information content (AvgIpc) is 2.50. The summed E-state index contributed by atoms with van der Waals surface area (Å²) in [5.74, 6) is 0. The van der Waals surface area contributed by atoms with Crippen molar-refractivity contribution in [2.45, 2.75) is 51.0 Å². The maximum atomic E-state index is 12.1. The fraction of sp³-hybridized carbons (Fsp3) is 0.529. The third kappa shape index (κ3) is 6.47. The maximum absolute atomic E-state index is 12.1. The highest BCUT2D eigenvalue weighted by Crippen LogP contribution is 2.16. The summed E-state index contributed by atoms with van der Waals surface area (Å²) < 4.78 is 12.1. The highest BCUT2D eigenvalue weighted by atomic mass is 19.1. The Morgan fingerprint density at radius 2 is 2.00 bits per heavy atom. The van der Waals surface area contributed by atoms with Crippen LogP contribution >= 0.6 is 0 Å². The fourth-order valence-electron chi connectivity index (χ4n) is 2.04. The molecule has 3 heteroatoms. The van der Waals surface area contributed by atoms with Crippen LogP contribution in [0.5, 0.6) is 0 Å². The summed E-state index contributed by atoms with van der Waals surface area (Å²) >= 11 is 0. The average molecular weight is 274 g/mol. The molecule has 0 bridgehead atoms. The lowest BCUT2D eigenvalue weighted by Crippen LogP contribution is -2.19. The fourth-order valence-corrected chi connectivity index (χ4v) is 2.04. The number of nitrogens with zero attached hydrogens (tertiary/aromatic N) is 2. The molecule has 1 rings (SSSR count). The van der Waals surface area contributed by atoms with Crippen molar-refractivity contribution >= 4 is 6.21 Å². The lowest BCUT2D eigenvalue weighted by Gasteiger charge is -2.14. The summed E-state index contributed by atoms with van der Waals surface area (Å²) in [6, 6.07) is 12.6. The number of rotatable bonds is 9. The topological polar surface area (TPSA) is 36.1 Å². The molecule has 20 heavy (non-hydrogen) atoms. The second-order valence-corrected chi connectivity index (χ2v) is 5.22. The van der Waals surface area contributed by atoms with Gasteiger partial charge in [0.2, 0.25) is 0 Å². The number of alkyl halides is 1. The van der Waals surface area contributed by atoms with E-state index in [0.29, 0.717) is 12.8 Å². The lowest BCUT2D eigenvalue weighted by atomic mass is 9.99. The molecule has 0 aliphatic heterocycles. The maximum Gasteiger partial charge on any atom is 0.143 e. The van der Waals surface area contributed by atoms with Gasteiger partial charge in [0.15, 0.2) is 0 Å². The molecule has 0 radical (unpaired) electrons. The number of benzene rings is 1. The number of nitriles is 1. The van der Waals surface area contributed by atoms with Crippen LogP contribution in [0.2, 0.25) is 0 Å². The van der Waals surface area contributed by atoms with Crippen LogP contribution in [0.25, 0.3) is 0 Å². The number of aryl methyl sites for hydroxylation is 1. The molecule has 0 aliphatic carbocycles. The standard InChI is InChI=1S/C17H23FN2/c1-17(15-19,12-8-13-18)20-14-7-3-6-11-16-9-4-2-5-10-16/h2,4-5,9-10,14H,3,6-8,11-13H2,1H3. The van der Waals surface area contributed by atoms with E-state index in [1.165, 1.54) is 5.56 Å². The molecule has 0 saturated carbocycles. The predicted molar refractivity (Wildman–Crippen MR) is 81.7 cm³/mol. The smallest absolute Gasteiger partial charge is 0.143 e. The van der Waals surface area contributed by atoms with Crippen LogP contribution in [-0.2, 0) is 6.42 Å². The molecule has 2 nitrogen and oxygen atoms in total. The molecule has 0 N–H and O–H groups in total. The molecule has 1 aromatic carbocycles. The number of hydrogen-bond donors (Lipinski definition) is 0. The molecule has 0 saturated heterocycles. The van der Waals surface area contributed by atoms with Gasteiger partial charge in [0, 0.05) is 6.21 Å². The zero-order chi connectivity index (χ0) is 14.7. The van der Waals surface area contributed by atoms with E-state index < -0.39 is 5.54 Å². The van der Waals surface area contributed by atoms with Crippen LogP contribution < -0.4 is 0 Å². The SMILES string of the molecule is CC(C#N)(CCCF)N=CCCCCc1ccccc1. The first-order valence-corrected chi connectivity index (χ1v) is 7.25. The van der Waals surface area contributed by atoms with Gasteiger partial charge in [0.25, 0.3) is 0 Å². The van der Waals surface area contributed by atoms with E-state index in [-0.39, 0.29) is 6.67 Å². The Morgan fingerprint density at radius 1 is 1.25 bits per heavy atom. The molecule has 1 atom stereocenters. The van der Waals surface area contributed by atoms with Crippen molar-refractivity contribution in [3.05, 3.63) is 35.9 Å². The first-order chi connectivity index (χ1) is 9.70. The summed E-state index contributed by atoms with van der Waals surface area (Å²) in [4.78, 5) is 4.30. The third-order valence-electron chi connectivity index (χ3n) is 3.31. The monoisotopic (exact) mass is 274 g/mol. The summed E-state index contributed by atoms with van der Waals surface area (Å²) in [7, 11) is 0. The molecule has 0 fully saturated rings. The second-order valence-electron chi connectivity index (χ2n) is 5.22. The van der Waals surface area contributed by atoms with E-state index in [4.69, 9.17) is 5.26 Å². The van der Waals surface area contributed by atoms with E-state index in [1.54, 1.807) is 6.92 Å². The van der Waals surface area contributed by atoms with Gasteiger partial charge >= 0.3 is 0 Å². The van der Waals surface area contributed by atoms with Crippen molar-refractivity contribution in [1.29, 1.82) is 5.26 Å². The normalized spacial score (nSPS) is 14.1. The Morgan fingerprint density at radius 3 is 2.65 bits per heavy atom. The molecule has 1 unspecified atom stereocenters. The van der Waals surface area contributed by atoms with Crippen molar-refractivity contribution in [3.8, 4) is 6.07 Å². The van der Waals surface area contributed by atoms with E-state index >= 15 is 0 Å². The van der Waals surface area contributed by atoms with Crippen molar-refractivity contribution in [2.24, 2.45) is 4.99 Å². The van der Waals surface area contributed by atoms with E-state index in [2.05, 4.69) is 35.3 Å². The van der Waals surface area contributed by atoms with Gasteiger partial charge in [-0.2, -0.15) is 5.26 Å². The molecule has 0 amide bonds. The van der Waals surface area contributed by atoms with Crippen molar-refractivity contribution in [3.63, 3.8) is 0 Å². The minimum absolute atomic E-state index is 0.385. The van der Waals surface area contributed by atoms with Gasteiger partial charge in [-0.1, -0.05) is 30.3 Å². The van der Waals surface area contributed by atoms with Gasteiger partial charge in [-0.15, -0.1) is 0 Å². The summed E-state index contributed by atoms with van der Waals surface area (Å²) in [5.41, 5.74) is 0.597. The van der Waals surface area contributed by atoms with Crippen LogP contribution in [0.3, 0.4) is 0 Å². The number of hydrogen-bond acceptors (Lipinski definition) is 2. The Kier molecular flexibility index (Phi) is 7.57. The second kappa shape index (κ2) is 9.25. The van der Waals surface area contributed by atoms with Gasteiger partial charge in [0.1, 0.15) is 5.54 Å². The van der Waals surface area contributed by atoms with Gasteiger partial charge in [-0.3, -0.25) is 9.38 Å². The Labute approximate surface area is 121 Å². The zero-order valence-electron chi connectivity index (χ0n) is 12.2. The molecule has 0 heterocycles. The lowest BCUT2D eigenvalue weighted by molar-refractivity contribution is 0.422. The van der Waals surface area contributed by atoms with Crippen LogP contribution in [0.4, 0.5) is 4.39 Å². The number of aliphatic imine (C=N–C) groups is 1. The molecule has 0 aromatic heterocycles. The van der Waals surface area contributed by atoms with Crippen molar-refractivity contribution < 1.29 is 4.39 Å². The van der Waals surface area contributed by atoms with Crippen LogP contribution in [0.15, 0.2) is 35.3 Å². The Bertz CT molecular complexity index is 436. The third-order valence-corrected chi connectivity index (χ3v) is 3.31. The highest BCUT2D eigenvalue weighted by molar-refractivity contribution is 5.58. The molecular formula is C17H23FN2. The summed E-state index contributed by atoms with van der Waals surface area (Å²) in [6.07, 6.45) is 6.83. The highest BCUT2D eigenvalue weighted by Gasteiger charge is 2.20. The first kappa shape index (κ1) is 16.4. The van der Waals surface area contributed by atoms with Gasteiger partial charge in [0.05, 0.1) is 12.7 Å². The van der Waals surface area contributed by atoms with Crippen LogP contribution in [0.1, 0.15) is 44.6 Å². The molecular weight excluding hydrogens is 251 g/mol. The zero-order valence-corrected chi connectivity index (χ0v) is 12.2. The number of unbranched alkanes of at least 4 members (excludes halogenated alkanes) is 2. The minimum atomic E-state index is -0.758. The van der Waals surface area contributed by atoms with Crippen LogP contribution in [0, 0.1) is 11.3 Å². The molecule has 0 aliphatic rings. The number of halogens is 1.